The number of rotatable bonds is 12. The van der Waals surface area contributed by atoms with E-state index in [4.69, 9.17) is 14.2 Å². The minimum atomic E-state index is -1.10. The van der Waals surface area contributed by atoms with Gasteiger partial charge in [-0.05, 0) is 35.0 Å². The van der Waals surface area contributed by atoms with Crippen molar-refractivity contribution in [3.05, 3.63) is 41.3 Å². The Morgan fingerprint density at radius 2 is 1.93 bits per heavy atom. The number of morpholine rings is 1. The number of aliphatic hydroxyl groups is 1. The van der Waals surface area contributed by atoms with Gasteiger partial charge >= 0.3 is 5.97 Å². The summed E-state index contributed by atoms with van der Waals surface area (Å²) in [4.78, 5) is 60.2. The van der Waals surface area contributed by atoms with Crippen molar-refractivity contribution in [3.63, 3.8) is 0 Å². The first-order valence-corrected chi connectivity index (χ1v) is 15.6. The fourth-order valence-electron chi connectivity index (χ4n) is 4.81. The number of benzene rings is 1. The van der Waals surface area contributed by atoms with Gasteiger partial charge in [-0.25, -0.2) is 0 Å². The predicted molar refractivity (Wildman–Crippen MR) is 174 cm³/mol. The monoisotopic (exact) mass is 702 g/mol. The highest BCUT2D eigenvalue weighted by Crippen LogP contribution is 2.29. The topological polar surface area (TPSA) is 171 Å². The molecule has 2 aliphatic heterocycles. The van der Waals surface area contributed by atoms with E-state index in [2.05, 4.69) is 47.8 Å². The summed E-state index contributed by atoms with van der Waals surface area (Å²) >= 11 is 3.54. The van der Waals surface area contributed by atoms with E-state index in [1.54, 1.807) is 31.6 Å². The third-order valence-electron chi connectivity index (χ3n) is 7.30. The van der Waals surface area contributed by atoms with Crippen LogP contribution in [0, 0.1) is 0 Å². The molecule has 3 heterocycles. The summed E-state index contributed by atoms with van der Waals surface area (Å²) in [7, 11) is 3.10. The molecule has 0 radical (unpaired) electrons. The van der Waals surface area contributed by atoms with Crippen LogP contribution < -0.4 is 5.32 Å². The summed E-state index contributed by atoms with van der Waals surface area (Å²) in [6, 6.07) is 3.60. The molecule has 2 N–H and O–H groups in total. The number of aliphatic imine (C=N–C) groups is 2. The van der Waals surface area contributed by atoms with Crippen LogP contribution in [0.1, 0.15) is 19.8 Å². The first-order chi connectivity index (χ1) is 22.1. The Labute approximate surface area is 275 Å². The highest BCUT2D eigenvalue weighted by molar-refractivity contribution is 9.10. The molecule has 1 saturated heterocycles. The lowest BCUT2D eigenvalue weighted by Gasteiger charge is -2.30. The van der Waals surface area contributed by atoms with Crippen LogP contribution in [0.4, 0.5) is 5.69 Å². The van der Waals surface area contributed by atoms with Gasteiger partial charge in [0, 0.05) is 59.1 Å². The Hall–Kier alpha value is -4.15. The molecule has 0 spiro atoms. The molecule has 1 fully saturated rings. The summed E-state index contributed by atoms with van der Waals surface area (Å²) in [5.41, 5.74) is 2.61. The molecule has 46 heavy (non-hydrogen) atoms. The number of anilines is 1. The lowest BCUT2D eigenvalue weighted by atomic mass is 10.2. The normalized spacial score (nSPS) is 16.5. The van der Waals surface area contributed by atoms with Crippen molar-refractivity contribution in [2.45, 2.75) is 32.0 Å². The Morgan fingerprint density at radius 1 is 1.20 bits per heavy atom. The second-order valence-corrected chi connectivity index (χ2v) is 11.4. The fourth-order valence-corrected chi connectivity index (χ4v) is 5.34. The first kappa shape index (κ1) is 34.7. The van der Waals surface area contributed by atoms with Gasteiger partial charge in [0.15, 0.2) is 6.10 Å². The SMILES string of the molecule is C=C(C(=NC)OC[C@@H](O)CN(C)C(=O)CCC(=O)OC(C)C(=O)N1CCN=C1Nc1ccc2nccnc2c1Br)N1CCOCC1. The smallest absolute Gasteiger partial charge is 0.307 e. The molecule has 248 valence electrons. The maximum absolute atomic E-state index is 13.2. The van der Waals surface area contributed by atoms with Gasteiger partial charge in [0.25, 0.3) is 5.91 Å². The molecule has 0 saturated carbocycles. The molecule has 2 atom stereocenters. The number of guanidine groups is 1. The highest BCUT2D eigenvalue weighted by atomic mass is 79.9. The second-order valence-electron chi connectivity index (χ2n) is 10.6. The number of nitrogens with zero attached hydrogens (tertiary/aromatic N) is 7. The zero-order valence-corrected chi connectivity index (χ0v) is 27.7. The average Bonchev–Trinajstić information content (AvgIpc) is 3.53. The zero-order chi connectivity index (χ0) is 33.2. The van der Waals surface area contributed by atoms with E-state index in [1.807, 2.05) is 4.90 Å². The van der Waals surface area contributed by atoms with Crippen molar-refractivity contribution in [3.8, 4) is 0 Å². The van der Waals surface area contributed by atoms with Crippen molar-refractivity contribution in [2.75, 3.05) is 72.0 Å². The van der Waals surface area contributed by atoms with Gasteiger partial charge in [-0.15, -0.1) is 0 Å². The molecule has 15 nitrogen and oxygen atoms in total. The Bertz CT molecular complexity index is 1500. The minimum absolute atomic E-state index is 0.0201. The highest BCUT2D eigenvalue weighted by Gasteiger charge is 2.31. The quantitative estimate of drug-likeness (QED) is 0.186. The van der Waals surface area contributed by atoms with Crippen LogP contribution in [0.5, 0.6) is 0 Å². The number of aromatic nitrogens is 2. The summed E-state index contributed by atoms with van der Waals surface area (Å²) in [5.74, 6) is -0.897. The molecule has 1 unspecified atom stereocenters. The Kier molecular flexibility index (Phi) is 12.4. The van der Waals surface area contributed by atoms with Crippen LogP contribution in [0.25, 0.3) is 11.0 Å². The van der Waals surface area contributed by atoms with Crippen LogP contribution in [0.15, 0.2) is 51.3 Å². The third kappa shape index (κ3) is 8.98. The van der Waals surface area contributed by atoms with Crippen LogP contribution in [-0.2, 0) is 28.6 Å². The number of hydrogen-bond acceptors (Lipinski definition) is 13. The minimum Gasteiger partial charge on any atom is -0.474 e. The van der Waals surface area contributed by atoms with Crippen molar-refractivity contribution in [1.29, 1.82) is 0 Å². The summed E-state index contributed by atoms with van der Waals surface area (Å²) in [6.45, 7) is 8.59. The van der Waals surface area contributed by atoms with Gasteiger partial charge in [0.1, 0.15) is 18.2 Å². The number of likely N-dealkylation sites (N-methyl/N-ethyl adjacent to an activating group) is 1. The molecule has 0 bridgehead atoms. The van der Waals surface area contributed by atoms with Gasteiger partial charge in [-0.1, -0.05) is 6.58 Å². The largest absolute Gasteiger partial charge is 0.474 e. The van der Waals surface area contributed by atoms with E-state index in [-0.39, 0.29) is 31.9 Å². The van der Waals surface area contributed by atoms with E-state index in [0.29, 0.717) is 78.1 Å². The molecular formula is C30H39BrN8O7. The molecule has 2 amide bonds. The van der Waals surface area contributed by atoms with Crippen molar-refractivity contribution < 1.29 is 33.7 Å². The van der Waals surface area contributed by atoms with Crippen molar-refractivity contribution in [1.82, 2.24) is 24.7 Å². The van der Waals surface area contributed by atoms with E-state index < -0.39 is 24.1 Å². The van der Waals surface area contributed by atoms with Gasteiger partial charge < -0.3 is 34.4 Å². The van der Waals surface area contributed by atoms with Crippen LogP contribution in [-0.4, -0.2) is 138 Å². The Balaban J connectivity index is 1.19. The maximum Gasteiger partial charge on any atom is 0.307 e. The average molecular weight is 704 g/mol. The number of ether oxygens (including phenoxy) is 3. The number of halogens is 1. The number of amides is 2. The van der Waals surface area contributed by atoms with Crippen LogP contribution in [0.2, 0.25) is 0 Å². The molecule has 1 aromatic carbocycles. The molecule has 1 aromatic heterocycles. The van der Waals surface area contributed by atoms with E-state index in [0.717, 1.165) is 0 Å². The lowest BCUT2D eigenvalue weighted by molar-refractivity contribution is -0.158. The molecular weight excluding hydrogens is 664 g/mol. The van der Waals surface area contributed by atoms with E-state index >= 15 is 0 Å². The van der Waals surface area contributed by atoms with Gasteiger partial charge in [-0.3, -0.25) is 39.2 Å². The summed E-state index contributed by atoms with van der Waals surface area (Å²) in [5, 5.41) is 13.6. The van der Waals surface area contributed by atoms with Crippen LogP contribution >= 0.6 is 15.9 Å². The number of aliphatic hydroxyl groups excluding tert-OH is 1. The molecule has 2 aromatic rings. The first-order valence-electron chi connectivity index (χ1n) is 14.8. The number of esters is 1. The number of hydrogen-bond donors (Lipinski definition) is 2. The number of fused-ring (bicyclic) bond motifs is 1. The predicted octanol–water partition coefficient (Wildman–Crippen LogP) is 1.42. The number of nitrogens with one attached hydrogen (secondary N) is 1. The van der Waals surface area contributed by atoms with Crippen molar-refractivity contribution >= 4 is 62.3 Å². The van der Waals surface area contributed by atoms with E-state index in [1.165, 1.54) is 23.8 Å². The molecule has 2 aliphatic rings. The summed E-state index contributed by atoms with van der Waals surface area (Å²) < 4.78 is 17.0. The summed E-state index contributed by atoms with van der Waals surface area (Å²) in [6.07, 6.45) is 0.703. The fraction of sp³-hybridized carbons (Fsp3) is 0.500. The van der Waals surface area contributed by atoms with Crippen molar-refractivity contribution in [2.24, 2.45) is 9.98 Å². The van der Waals surface area contributed by atoms with E-state index in [9.17, 15) is 19.5 Å². The van der Waals surface area contributed by atoms with Gasteiger partial charge in [0.2, 0.25) is 17.8 Å². The molecule has 4 rings (SSSR count). The second kappa shape index (κ2) is 16.4. The van der Waals surface area contributed by atoms with Crippen LogP contribution in [0.3, 0.4) is 0 Å². The number of carbonyl (C=O) groups is 3. The lowest BCUT2D eigenvalue weighted by Crippen LogP contribution is -2.44. The van der Waals surface area contributed by atoms with Gasteiger partial charge in [-0.2, -0.15) is 0 Å². The standard InChI is InChI=1S/C30H39BrN8O7/c1-19(38-13-15-44-16-14-38)28(32-3)45-18-21(40)17-37(4)24(41)7-8-25(42)46-20(2)29(43)39-12-11-35-30(39)36-22-5-6-23-27(26(22)31)34-10-9-33-23/h5-6,9-10,20-21,40H,1,7-8,11-18H2,2-4H3,(H,35,36)/t20?,21-/m0/s1. The van der Waals surface area contributed by atoms with Gasteiger partial charge in [0.05, 0.1) is 47.6 Å². The molecule has 16 heteroatoms. The third-order valence-corrected chi connectivity index (χ3v) is 8.10. The zero-order valence-electron chi connectivity index (χ0n) is 26.1. The Morgan fingerprint density at radius 3 is 2.67 bits per heavy atom. The molecule has 0 aliphatic carbocycles. The number of carbonyl (C=O) groups excluding carboxylic acids is 3. The maximum atomic E-state index is 13.2.